The Bertz CT molecular complexity index is 343. The molecule has 0 aromatic heterocycles. The molecule has 0 spiro atoms. The first-order valence-electron chi connectivity index (χ1n) is 6.68. The zero-order valence-electron chi connectivity index (χ0n) is 10.7. The number of halogens is 3. The van der Waals surface area contributed by atoms with E-state index in [9.17, 15) is 13.2 Å². The first-order valence-corrected chi connectivity index (χ1v) is 6.68. The molecule has 0 aromatic rings. The Balaban J connectivity index is 2.01. The summed E-state index contributed by atoms with van der Waals surface area (Å²) in [5, 5.41) is 0. The van der Waals surface area contributed by atoms with E-state index in [0.717, 1.165) is 12.8 Å². The van der Waals surface area contributed by atoms with Crippen LogP contribution < -0.4 is 0 Å². The fourth-order valence-electron chi connectivity index (χ4n) is 3.06. The van der Waals surface area contributed by atoms with Crippen LogP contribution in [0.1, 0.15) is 32.6 Å². The average Bonchev–Trinajstić information content (AvgIpc) is 2.73. The highest BCUT2D eigenvalue weighted by Gasteiger charge is 2.49. The molecule has 18 heavy (non-hydrogen) atoms. The van der Waals surface area contributed by atoms with E-state index in [1.807, 2.05) is 11.8 Å². The summed E-state index contributed by atoms with van der Waals surface area (Å²) in [6.07, 6.45) is 5.13. The summed E-state index contributed by atoms with van der Waals surface area (Å²) in [6, 6.07) is -0.346. The minimum atomic E-state index is -4.05. The van der Waals surface area contributed by atoms with E-state index < -0.39 is 12.1 Å². The molecule has 1 aliphatic carbocycles. The van der Waals surface area contributed by atoms with E-state index in [1.165, 1.54) is 5.57 Å². The summed E-state index contributed by atoms with van der Waals surface area (Å²) >= 11 is 0. The van der Waals surface area contributed by atoms with E-state index in [1.54, 1.807) is 0 Å². The fourth-order valence-corrected chi connectivity index (χ4v) is 3.06. The van der Waals surface area contributed by atoms with Crippen LogP contribution in [0.25, 0.3) is 0 Å². The van der Waals surface area contributed by atoms with Crippen LogP contribution in [-0.4, -0.2) is 30.2 Å². The third-order valence-corrected chi connectivity index (χ3v) is 3.96. The third kappa shape index (κ3) is 2.97. The molecule has 2 atom stereocenters. The number of hydrogen-bond acceptors (Lipinski definition) is 1. The van der Waals surface area contributed by atoms with Crippen molar-refractivity contribution in [2.45, 2.75) is 44.8 Å². The van der Waals surface area contributed by atoms with Crippen LogP contribution in [0.3, 0.4) is 0 Å². The number of hydrogen-bond donors (Lipinski definition) is 0. The highest BCUT2D eigenvalue weighted by molar-refractivity contribution is 5.24. The molecule has 2 rings (SSSR count). The molecule has 2 unspecified atom stereocenters. The second-order valence-electron chi connectivity index (χ2n) is 5.14. The molecule has 4 heteroatoms. The van der Waals surface area contributed by atoms with Gasteiger partial charge in [0.05, 0.1) is 5.92 Å². The second kappa shape index (κ2) is 5.47. The molecule has 1 nitrogen and oxygen atoms in total. The van der Waals surface area contributed by atoms with Gasteiger partial charge in [0.25, 0.3) is 0 Å². The topological polar surface area (TPSA) is 3.24 Å². The summed E-state index contributed by atoms with van der Waals surface area (Å²) in [6.45, 7) is 3.09. The molecule has 0 saturated carbocycles. The van der Waals surface area contributed by atoms with Crippen LogP contribution >= 0.6 is 0 Å². The molecule has 1 saturated heterocycles. The van der Waals surface area contributed by atoms with Crippen molar-refractivity contribution < 1.29 is 13.2 Å². The minimum absolute atomic E-state index is 0.249. The Morgan fingerprint density at radius 3 is 2.67 bits per heavy atom. The van der Waals surface area contributed by atoms with Crippen LogP contribution in [0.15, 0.2) is 23.8 Å². The molecule has 0 bridgehead atoms. The Morgan fingerprint density at radius 2 is 2.11 bits per heavy atom. The standard InChI is InChI=1S/C14H20F3N/c1-2-13-12(14(15,16)17)8-9-18(13)10-11-6-4-3-5-7-11/h4,6-7,12-13H,2-3,5,8-10H2,1H3. The molecular weight excluding hydrogens is 239 g/mol. The number of alkyl halides is 3. The lowest BCUT2D eigenvalue weighted by molar-refractivity contribution is -0.180. The van der Waals surface area contributed by atoms with E-state index >= 15 is 0 Å². The highest BCUT2D eigenvalue weighted by atomic mass is 19.4. The molecule has 0 N–H and O–H groups in total. The highest BCUT2D eigenvalue weighted by Crippen LogP contribution is 2.39. The van der Waals surface area contributed by atoms with Gasteiger partial charge in [-0.3, -0.25) is 4.90 Å². The monoisotopic (exact) mass is 259 g/mol. The summed E-state index contributed by atoms with van der Waals surface area (Å²) in [5.41, 5.74) is 1.17. The normalized spacial score (nSPS) is 29.7. The Labute approximate surface area is 106 Å². The van der Waals surface area contributed by atoms with Crippen molar-refractivity contribution in [1.82, 2.24) is 4.90 Å². The van der Waals surface area contributed by atoms with Crippen molar-refractivity contribution >= 4 is 0 Å². The van der Waals surface area contributed by atoms with Gasteiger partial charge < -0.3 is 0 Å². The van der Waals surface area contributed by atoms with Crippen molar-refractivity contribution in [1.29, 1.82) is 0 Å². The van der Waals surface area contributed by atoms with Gasteiger partial charge in [-0.15, -0.1) is 0 Å². The van der Waals surface area contributed by atoms with Gasteiger partial charge in [0, 0.05) is 12.6 Å². The van der Waals surface area contributed by atoms with Gasteiger partial charge in [0.15, 0.2) is 0 Å². The number of nitrogens with zero attached hydrogens (tertiary/aromatic N) is 1. The van der Waals surface area contributed by atoms with Crippen molar-refractivity contribution in [2.24, 2.45) is 5.92 Å². The Hall–Kier alpha value is -0.770. The maximum absolute atomic E-state index is 12.9. The summed E-state index contributed by atoms with van der Waals surface area (Å²) in [4.78, 5) is 2.00. The average molecular weight is 259 g/mol. The van der Waals surface area contributed by atoms with Crippen LogP contribution in [0.4, 0.5) is 13.2 Å². The Kier molecular flexibility index (Phi) is 4.15. The molecule has 102 valence electrons. The van der Waals surface area contributed by atoms with Gasteiger partial charge in [0.1, 0.15) is 0 Å². The van der Waals surface area contributed by atoms with Crippen molar-refractivity contribution in [3.05, 3.63) is 23.8 Å². The third-order valence-electron chi connectivity index (χ3n) is 3.96. The lowest BCUT2D eigenvalue weighted by atomic mass is 9.97. The van der Waals surface area contributed by atoms with Crippen LogP contribution in [-0.2, 0) is 0 Å². The zero-order chi connectivity index (χ0) is 13.2. The Morgan fingerprint density at radius 1 is 1.33 bits per heavy atom. The van der Waals surface area contributed by atoms with Gasteiger partial charge in [-0.05, 0) is 37.8 Å². The molecule has 1 aliphatic heterocycles. The lowest BCUT2D eigenvalue weighted by Crippen LogP contribution is -2.38. The lowest BCUT2D eigenvalue weighted by Gasteiger charge is -2.29. The van der Waals surface area contributed by atoms with Crippen molar-refractivity contribution in [3.63, 3.8) is 0 Å². The summed E-state index contributed by atoms with van der Waals surface area (Å²) in [7, 11) is 0. The largest absolute Gasteiger partial charge is 0.393 e. The number of rotatable bonds is 3. The van der Waals surface area contributed by atoms with Gasteiger partial charge in [-0.2, -0.15) is 13.2 Å². The van der Waals surface area contributed by atoms with Gasteiger partial charge >= 0.3 is 6.18 Å². The second-order valence-corrected chi connectivity index (χ2v) is 5.14. The molecular formula is C14H20F3N. The first kappa shape index (κ1) is 13.7. The first-order chi connectivity index (χ1) is 8.52. The van der Waals surface area contributed by atoms with Crippen molar-refractivity contribution in [3.8, 4) is 0 Å². The van der Waals surface area contributed by atoms with Crippen LogP contribution in [0, 0.1) is 5.92 Å². The van der Waals surface area contributed by atoms with E-state index in [-0.39, 0.29) is 12.5 Å². The van der Waals surface area contributed by atoms with Crippen molar-refractivity contribution in [2.75, 3.05) is 13.1 Å². The maximum atomic E-state index is 12.9. The molecule has 0 amide bonds. The minimum Gasteiger partial charge on any atom is -0.296 e. The molecule has 1 heterocycles. The number of allylic oxidation sites excluding steroid dienone is 2. The van der Waals surface area contributed by atoms with E-state index in [4.69, 9.17) is 0 Å². The summed E-state index contributed by atoms with van der Waals surface area (Å²) in [5.74, 6) is -1.14. The van der Waals surface area contributed by atoms with Gasteiger partial charge in [-0.25, -0.2) is 0 Å². The molecule has 1 fully saturated rings. The maximum Gasteiger partial charge on any atom is 0.393 e. The molecule has 0 radical (unpaired) electrons. The van der Waals surface area contributed by atoms with Crippen LogP contribution in [0.5, 0.6) is 0 Å². The molecule has 2 aliphatic rings. The predicted molar refractivity (Wildman–Crippen MR) is 66.3 cm³/mol. The summed E-state index contributed by atoms with van der Waals surface area (Å²) < 4.78 is 38.7. The van der Waals surface area contributed by atoms with Gasteiger partial charge in [0.2, 0.25) is 0 Å². The van der Waals surface area contributed by atoms with E-state index in [0.29, 0.717) is 19.5 Å². The van der Waals surface area contributed by atoms with E-state index in [2.05, 4.69) is 18.2 Å². The SMILES string of the molecule is CCC1C(C(F)(F)F)CCN1CC1=CCCC=C1. The smallest absolute Gasteiger partial charge is 0.296 e. The van der Waals surface area contributed by atoms with Gasteiger partial charge in [-0.1, -0.05) is 25.2 Å². The fraction of sp³-hybridized carbons (Fsp3) is 0.714. The van der Waals surface area contributed by atoms with Crippen LogP contribution in [0.2, 0.25) is 0 Å². The quantitative estimate of drug-likeness (QED) is 0.742. The molecule has 0 aromatic carbocycles. The zero-order valence-corrected chi connectivity index (χ0v) is 10.7. The number of likely N-dealkylation sites (tertiary alicyclic amines) is 1. The predicted octanol–water partition coefficient (Wildman–Crippen LogP) is 3.93.